The van der Waals surface area contributed by atoms with Gasteiger partial charge in [-0.15, -0.1) is 0 Å². The smallest absolute Gasteiger partial charge is 0.309 e. The van der Waals surface area contributed by atoms with E-state index in [1.165, 1.54) is 36.8 Å². The van der Waals surface area contributed by atoms with E-state index in [1.807, 2.05) is 0 Å². The second-order valence-corrected chi connectivity index (χ2v) is 7.33. The first-order valence-corrected chi connectivity index (χ1v) is 9.38. The number of hydrogen-bond donors (Lipinski definition) is 1. The minimum Gasteiger partial charge on any atom is -0.494 e. The van der Waals surface area contributed by atoms with Crippen LogP contribution in [0.15, 0.2) is 18.2 Å². The predicted octanol–water partition coefficient (Wildman–Crippen LogP) is 5.64. The summed E-state index contributed by atoms with van der Waals surface area (Å²) < 4.78 is 5.93. The maximum absolute atomic E-state index is 11.1. The lowest BCUT2D eigenvalue weighted by Crippen LogP contribution is -2.24. The Balaban J connectivity index is 2.62. The third-order valence-electron chi connectivity index (χ3n) is 4.46. The Kier molecular flexibility index (Phi) is 8.88. The highest BCUT2D eigenvalue weighted by Gasteiger charge is 2.26. The summed E-state index contributed by atoms with van der Waals surface area (Å²) in [6.07, 6.45) is 8.35. The van der Waals surface area contributed by atoms with Gasteiger partial charge in [-0.3, -0.25) is 4.79 Å². The Hall–Kier alpha value is -1.51. The van der Waals surface area contributed by atoms with Gasteiger partial charge in [-0.05, 0) is 75.6 Å². The fourth-order valence-corrected chi connectivity index (χ4v) is 2.67. The Labute approximate surface area is 147 Å². The van der Waals surface area contributed by atoms with E-state index in [9.17, 15) is 4.79 Å². The molecule has 0 saturated carbocycles. The molecule has 0 unspecified atom stereocenters. The molecule has 0 bridgehead atoms. The van der Waals surface area contributed by atoms with Crippen LogP contribution in [0.4, 0.5) is 0 Å². The average molecular weight is 334 g/mol. The summed E-state index contributed by atoms with van der Waals surface area (Å²) in [5.41, 5.74) is 2.02. The Morgan fingerprint density at radius 3 is 2.00 bits per heavy atom. The monoisotopic (exact) mass is 334 g/mol. The minimum absolute atomic E-state index is 0.571. The molecule has 1 rings (SSSR count). The van der Waals surface area contributed by atoms with Gasteiger partial charge >= 0.3 is 5.97 Å². The highest BCUT2D eigenvalue weighted by atomic mass is 16.5. The zero-order valence-corrected chi connectivity index (χ0v) is 15.9. The fourth-order valence-electron chi connectivity index (χ4n) is 2.67. The number of carbonyl (C=O) groups is 1. The molecule has 0 spiro atoms. The van der Waals surface area contributed by atoms with E-state index in [1.54, 1.807) is 13.8 Å². The van der Waals surface area contributed by atoms with E-state index in [-0.39, 0.29) is 0 Å². The lowest BCUT2D eigenvalue weighted by atomic mass is 9.88. The minimum atomic E-state index is -0.745. The summed E-state index contributed by atoms with van der Waals surface area (Å²) in [4.78, 5) is 11.1. The molecule has 1 aromatic carbocycles. The Morgan fingerprint density at radius 1 is 1.00 bits per heavy atom. The highest BCUT2D eigenvalue weighted by Crippen LogP contribution is 2.24. The average Bonchev–Trinajstić information content (AvgIpc) is 2.54. The first kappa shape index (κ1) is 20.5. The van der Waals surface area contributed by atoms with E-state index in [0.29, 0.717) is 13.0 Å². The van der Waals surface area contributed by atoms with Crippen LogP contribution >= 0.6 is 0 Å². The second kappa shape index (κ2) is 10.4. The molecule has 0 aromatic heterocycles. The number of carboxylic acids is 1. The van der Waals surface area contributed by atoms with Crippen molar-refractivity contribution in [2.75, 3.05) is 6.61 Å². The van der Waals surface area contributed by atoms with Crippen LogP contribution in [0.3, 0.4) is 0 Å². The number of hydrogen-bond acceptors (Lipinski definition) is 2. The molecule has 0 fully saturated rings. The normalized spacial score (nSPS) is 11.5. The first-order chi connectivity index (χ1) is 11.4. The van der Waals surface area contributed by atoms with Gasteiger partial charge in [-0.1, -0.05) is 32.8 Å². The Morgan fingerprint density at radius 2 is 1.54 bits per heavy atom. The molecule has 0 radical (unpaired) electrons. The van der Waals surface area contributed by atoms with Gasteiger partial charge in [0.15, 0.2) is 0 Å². The van der Waals surface area contributed by atoms with E-state index in [4.69, 9.17) is 9.84 Å². The van der Waals surface area contributed by atoms with Crippen molar-refractivity contribution in [1.82, 2.24) is 0 Å². The summed E-state index contributed by atoms with van der Waals surface area (Å²) in [6.45, 7) is 8.53. The molecule has 0 amide bonds. The van der Waals surface area contributed by atoms with Crippen LogP contribution in [0.25, 0.3) is 0 Å². The number of rotatable bonds is 12. The summed E-state index contributed by atoms with van der Waals surface area (Å²) in [5.74, 6) is 0.189. The highest BCUT2D eigenvalue weighted by molar-refractivity contribution is 5.73. The lowest BCUT2D eigenvalue weighted by molar-refractivity contribution is -0.147. The van der Waals surface area contributed by atoms with Crippen molar-refractivity contribution in [1.29, 1.82) is 0 Å². The van der Waals surface area contributed by atoms with Crippen LogP contribution in [0.1, 0.15) is 77.3 Å². The molecule has 24 heavy (non-hydrogen) atoms. The molecular formula is C21H34O3. The molecule has 0 aliphatic carbocycles. The Bertz CT molecular complexity index is 480. The van der Waals surface area contributed by atoms with Gasteiger partial charge in [-0.2, -0.15) is 0 Å². The number of aryl methyl sites for hydroxylation is 2. The third-order valence-corrected chi connectivity index (χ3v) is 4.46. The van der Waals surface area contributed by atoms with Gasteiger partial charge in [0.05, 0.1) is 12.0 Å². The molecular weight excluding hydrogens is 300 g/mol. The molecule has 0 aliphatic heterocycles. The first-order valence-electron chi connectivity index (χ1n) is 9.38. The van der Waals surface area contributed by atoms with E-state index < -0.39 is 11.4 Å². The van der Waals surface area contributed by atoms with Crippen molar-refractivity contribution in [3.63, 3.8) is 0 Å². The predicted molar refractivity (Wildman–Crippen MR) is 99.8 cm³/mol. The zero-order valence-electron chi connectivity index (χ0n) is 15.9. The van der Waals surface area contributed by atoms with Crippen molar-refractivity contribution < 1.29 is 14.6 Å². The van der Waals surface area contributed by atoms with Gasteiger partial charge in [0.1, 0.15) is 5.75 Å². The summed E-state index contributed by atoms with van der Waals surface area (Å²) in [6, 6.07) is 6.60. The second-order valence-electron chi connectivity index (χ2n) is 7.33. The largest absolute Gasteiger partial charge is 0.494 e. The number of unbranched alkanes of at least 4 members (excludes halogenated alkanes) is 2. The molecule has 0 heterocycles. The van der Waals surface area contributed by atoms with Crippen molar-refractivity contribution in [2.24, 2.45) is 5.41 Å². The van der Waals surface area contributed by atoms with Gasteiger partial charge in [0.25, 0.3) is 0 Å². The van der Waals surface area contributed by atoms with Gasteiger partial charge in [0, 0.05) is 0 Å². The molecule has 1 aromatic rings. The molecule has 0 atom stereocenters. The quantitative estimate of drug-likeness (QED) is 0.503. The van der Waals surface area contributed by atoms with E-state index in [2.05, 4.69) is 32.0 Å². The van der Waals surface area contributed by atoms with Crippen LogP contribution in [0, 0.1) is 5.41 Å². The summed E-state index contributed by atoms with van der Waals surface area (Å²) in [7, 11) is 0. The van der Waals surface area contributed by atoms with Crippen LogP contribution in [0.5, 0.6) is 5.75 Å². The molecule has 0 saturated heterocycles. The molecule has 0 aliphatic rings. The molecule has 136 valence electrons. The number of carboxylic acid groups (broad SMARTS) is 1. The SMILES string of the molecule is CCCCc1cc(CCCC)cc(OCCCC(C)(C)C(=O)O)c1. The maximum atomic E-state index is 11.1. The van der Waals surface area contributed by atoms with Crippen LogP contribution in [0.2, 0.25) is 0 Å². The zero-order chi connectivity index (χ0) is 18.0. The number of aliphatic carboxylic acids is 1. The van der Waals surface area contributed by atoms with Crippen molar-refractivity contribution in [3.8, 4) is 5.75 Å². The van der Waals surface area contributed by atoms with Gasteiger partial charge in [0.2, 0.25) is 0 Å². The maximum Gasteiger partial charge on any atom is 0.309 e. The van der Waals surface area contributed by atoms with E-state index in [0.717, 1.165) is 25.0 Å². The van der Waals surface area contributed by atoms with Crippen molar-refractivity contribution in [3.05, 3.63) is 29.3 Å². The lowest BCUT2D eigenvalue weighted by Gasteiger charge is -2.19. The standard InChI is InChI=1S/C21H34O3/c1-5-7-10-17-14-18(11-8-6-2)16-19(15-17)24-13-9-12-21(3,4)20(22)23/h14-16H,5-13H2,1-4H3,(H,22,23). The van der Waals surface area contributed by atoms with Crippen LogP contribution in [-0.2, 0) is 17.6 Å². The molecule has 1 N–H and O–H groups in total. The van der Waals surface area contributed by atoms with Gasteiger partial charge < -0.3 is 9.84 Å². The van der Waals surface area contributed by atoms with Crippen molar-refractivity contribution >= 4 is 5.97 Å². The number of ether oxygens (including phenoxy) is 1. The topological polar surface area (TPSA) is 46.5 Å². The van der Waals surface area contributed by atoms with Crippen LogP contribution in [-0.4, -0.2) is 17.7 Å². The van der Waals surface area contributed by atoms with Gasteiger partial charge in [-0.25, -0.2) is 0 Å². The van der Waals surface area contributed by atoms with E-state index >= 15 is 0 Å². The summed E-state index contributed by atoms with van der Waals surface area (Å²) in [5, 5.41) is 9.15. The fraction of sp³-hybridized carbons (Fsp3) is 0.667. The number of benzene rings is 1. The summed E-state index contributed by atoms with van der Waals surface area (Å²) >= 11 is 0. The molecule has 3 nitrogen and oxygen atoms in total. The van der Waals surface area contributed by atoms with Crippen molar-refractivity contribution in [2.45, 2.75) is 79.1 Å². The molecule has 3 heteroatoms. The third kappa shape index (κ3) is 7.37. The van der Waals surface area contributed by atoms with Crippen LogP contribution < -0.4 is 4.74 Å².